The number of aromatic hydroxyl groups is 1. The highest BCUT2D eigenvalue weighted by atomic mass is 35.5. The molecule has 0 bridgehead atoms. The first kappa shape index (κ1) is 57.1. The maximum absolute atomic E-state index is 13.1. The zero-order valence-electron chi connectivity index (χ0n) is 42.3. The first-order valence-electron chi connectivity index (χ1n) is 24.8. The number of carbonyl (C=O) groups is 4. The average Bonchev–Trinajstić information content (AvgIpc) is 4.44. The molecule has 0 atom stereocenters. The van der Waals surface area contributed by atoms with Gasteiger partial charge >= 0.3 is 0 Å². The standard InChI is InChI=1S/C26H19ClFN3O3.C19H17FO3.C7H3Cl2N3.C7H4ClN3O/c27-24-13-20-21(14-29-24)30-15-31-25(20)34-19-7-3-17(4-8-19)12-23(33)26(9-10-26)22(32)11-16-1-5-18(28)6-2-16;20-15-5-1-13(2-6-15)11-17(22)19(9-10-19)18(23)12-14-3-7-16(21)8-4-14;8-6-1-4-5(2-10-6)11-3-12-7(4)9;8-6-1-4-5(2-9-6)10-3-11-7(4)12/h1-8,13-15H,9-12H2;1-8,21H,9-12H2;1-3H;1-3H,(H,10,11,12). The van der Waals surface area contributed by atoms with E-state index in [0.717, 1.165) is 22.1 Å². The van der Waals surface area contributed by atoms with Crippen molar-refractivity contribution in [1.82, 2.24) is 44.9 Å². The number of carbonyl (C=O) groups excluding carboxylic acids is 4. The van der Waals surface area contributed by atoms with Crippen molar-refractivity contribution in [2.45, 2.75) is 51.4 Å². The number of hydrogen-bond acceptors (Lipinski definition) is 15. The molecule has 2 aliphatic rings. The summed E-state index contributed by atoms with van der Waals surface area (Å²) in [6.07, 6.45) is 11.6. The Bertz CT molecular complexity index is 3960. The van der Waals surface area contributed by atoms with Crippen molar-refractivity contribution < 1.29 is 37.8 Å². The number of aromatic nitrogens is 9. The number of phenols is 1. The largest absolute Gasteiger partial charge is 0.508 e. The number of halogens is 6. The van der Waals surface area contributed by atoms with E-state index in [9.17, 15) is 37.9 Å². The number of Topliss-reactive ketones (excluding diaryl/α,β-unsaturated/α-hetero) is 4. The molecule has 2 fully saturated rings. The van der Waals surface area contributed by atoms with Crippen LogP contribution in [0, 0.1) is 22.5 Å². The van der Waals surface area contributed by atoms with Gasteiger partial charge in [-0.2, -0.15) is 0 Å². The van der Waals surface area contributed by atoms with Crippen LogP contribution in [0.15, 0.2) is 158 Å². The highest BCUT2D eigenvalue weighted by Gasteiger charge is 2.55. The highest BCUT2D eigenvalue weighted by molar-refractivity contribution is 6.35. The van der Waals surface area contributed by atoms with E-state index in [1.807, 2.05) is 0 Å². The van der Waals surface area contributed by atoms with Gasteiger partial charge < -0.3 is 14.8 Å². The molecule has 0 amide bonds. The smallest absolute Gasteiger partial charge is 0.258 e. The zero-order chi connectivity index (χ0) is 57.3. The molecule has 10 aromatic rings. The van der Waals surface area contributed by atoms with Crippen molar-refractivity contribution in [3.8, 4) is 17.4 Å². The number of rotatable bonds is 14. The third-order valence-electron chi connectivity index (χ3n) is 13.4. The lowest BCUT2D eigenvalue weighted by atomic mass is 9.88. The Morgan fingerprint density at radius 1 is 0.494 bits per heavy atom. The minimum Gasteiger partial charge on any atom is -0.508 e. The Morgan fingerprint density at radius 3 is 1.33 bits per heavy atom. The first-order chi connectivity index (χ1) is 39.0. The molecule has 0 spiro atoms. The van der Waals surface area contributed by atoms with E-state index in [0.29, 0.717) is 90.8 Å². The van der Waals surface area contributed by atoms with Crippen LogP contribution in [-0.2, 0) is 44.9 Å². The van der Waals surface area contributed by atoms with Gasteiger partial charge in [-0.05, 0) is 115 Å². The number of ketones is 4. The van der Waals surface area contributed by atoms with Crippen LogP contribution < -0.4 is 10.3 Å². The molecule has 6 heterocycles. The Balaban J connectivity index is 0.000000144. The summed E-state index contributed by atoms with van der Waals surface area (Å²) in [5.41, 5.74) is 2.86. The molecule has 6 aromatic heterocycles. The third-order valence-corrected chi connectivity index (χ3v) is 14.3. The van der Waals surface area contributed by atoms with Crippen molar-refractivity contribution in [2.75, 3.05) is 0 Å². The van der Waals surface area contributed by atoms with Gasteiger partial charge in [0.25, 0.3) is 5.56 Å². The summed E-state index contributed by atoms with van der Waals surface area (Å²) in [5.74, 6) is -0.0117. The topological polar surface area (TPSA) is 234 Å². The molecule has 81 heavy (non-hydrogen) atoms. The number of fused-ring (bicyclic) bond motifs is 3. The van der Waals surface area contributed by atoms with Crippen molar-refractivity contribution in [3.05, 3.63) is 218 Å². The lowest BCUT2D eigenvalue weighted by Gasteiger charge is -2.13. The van der Waals surface area contributed by atoms with E-state index >= 15 is 0 Å². The molecule has 0 unspecified atom stereocenters. The molecule has 2 N–H and O–H groups in total. The van der Waals surface area contributed by atoms with Crippen LogP contribution in [0.5, 0.6) is 17.4 Å². The van der Waals surface area contributed by atoms with Crippen LogP contribution in [0.2, 0.25) is 20.6 Å². The highest BCUT2D eigenvalue weighted by Crippen LogP contribution is 2.50. The number of nitrogens with zero attached hydrogens (tertiary/aromatic N) is 8. The molecule has 12 rings (SSSR count). The maximum Gasteiger partial charge on any atom is 0.258 e. The van der Waals surface area contributed by atoms with Crippen molar-refractivity contribution >= 4 is 102 Å². The monoisotopic (exact) mass is 1170 g/mol. The van der Waals surface area contributed by atoms with Crippen molar-refractivity contribution in [1.29, 1.82) is 0 Å². The first-order valence-corrected chi connectivity index (χ1v) is 26.3. The van der Waals surface area contributed by atoms with Crippen molar-refractivity contribution in [2.24, 2.45) is 10.8 Å². The quantitative estimate of drug-likeness (QED) is 0.0585. The average molecular weight is 1170 g/mol. The Hall–Kier alpha value is -8.55. The van der Waals surface area contributed by atoms with Gasteiger partial charge in [0.05, 0.1) is 63.1 Å². The molecule has 0 aliphatic heterocycles. The second-order valence-corrected chi connectivity index (χ2v) is 20.4. The number of phenolic OH excluding ortho intramolecular Hbond substituents is 1. The molecule has 2 aliphatic carbocycles. The fraction of sp³-hybridized carbons (Fsp3) is 0.169. The van der Waals surface area contributed by atoms with Gasteiger partial charge in [-0.15, -0.1) is 0 Å². The number of pyridine rings is 3. The molecule has 16 nitrogen and oxygen atoms in total. The summed E-state index contributed by atoms with van der Waals surface area (Å²) in [6, 6.07) is 29.9. The minimum atomic E-state index is -0.920. The van der Waals surface area contributed by atoms with Gasteiger partial charge in [0, 0.05) is 31.1 Å². The molecule has 22 heteroatoms. The summed E-state index contributed by atoms with van der Waals surface area (Å²) in [7, 11) is 0. The van der Waals surface area contributed by atoms with E-state index in [1.165, 1.54) is 67.6 Å². The molecular formula is C59H43Cl4F2N9O7. The van der Waals surface area contributed by atoms with Gasteiger partial charge in [0.1, 0.15) is 56.4 Å². The second-order valence-electron chi connectivity index (χ2n) is 18.9. The summed E-state index contributed by atoms with van der Waals surface area (Å²) < 4.78 is 31.9. The van der Waals surface area contributed by atoms with Gasteiger partial charge in [0.15, 0.2) is 23.1 Å². The molecule has 2 saturated carbocycles. The lowest BCUT2D eigenvalue weighted by Crippen LogP contribution is -2.28. The summed E-state index contributed by atoms with van der Waals surface area (Å²) in [6.45, 7) is 0. The van der Waals surface area contributed by atoms with Crippen molar-refractivity contribution in [3.63, 3.8) is 0 Å². The van der Waals surface area contributed by atoms with E-state index in [4.69, 9.17) is 51.1 Å². The number of ether oxygens (including phenoxy) is 1. The molecular weight excluding hydrogens is 1130 g/mol. The Morgan fingerprint density at radius 2 is 0.877 bits per heavy atom. The van der Waals surface area contributed by atoms with Gasteiger partial charge in [0.2, 0.25) is 5.88 Å². The van der Waals surface area contributed by atoms with Gasteiger partial charge in [-0.3, -0.25) is 24.0 Å². The SMILES string of the molecule is Clc1cc2c(Cl)ncnc2cn1.O=C(Cc1ccc(F)cc1)C1(C(=O)Cc2ccc(Oc3ncnc4cnc(Cl)cc34)cc2)CC1.O=C(Cc1ccc(O)cc1)C1(C(=O)Cc2ccc(F)cc2)CC1.O=c1[nH]cnc2cnc(Cl)cc12. The fourth-order valence-corrected chi connectivity index (χ4v) is 9.21. The maximum atomic E-state index is 13.1. The van der Waals surface area contributed by atoms with Crippen LogP contribution in [0.3, 0.4) is 0 Å². The van der Waals surface area contributed by atoms with Crippen LogP contribution in [0.25, 0.3) is 32.7 Å². The van der Waals surface area contributed by atoms with E-state index in [2.05, 4.69) is 44.9 Å². The Labute approximate surface area is 479 Å². The van der Waals surface area contributed by atoms with Crippen LogP contribution in [0.1, 0.15) is 47.9 Å². The normalized spacial score (nSPS) is 13.3. The van der Waals surface area contributed by atoms with E-state index in [1.54, 1.807) is 85.2 Å². The molecule has 0 radical (unpaired) electrons. The summed E-state index contributed by atoms with van der Waals surface area (Å²) in [5, 5.41) is 12.5. The van der Waals surface area contributed by atoms with E-state index in [-0.39, 0.29) is 71.8 Å². The number of aromatic amines is 1. The summed E-state index contributed by atoms with van der Waals surface area (Å²) >= 11 is 23.0. The van der Waals surface area contributed by atoms with Gasteiger partial charge in [-0.25, -0.2) is 48.7 Å². The predicted octanol–water partition coefficient (Wildman–Crippen LogP) is 11.9. The van der Waals surface area contributed by atoms with Crippen LogP contribution in [0.4, 0.5) is 8.78 Å². The number of benzene rings is 4. The summed E-state index contributed by atoms with van der Waals surface area (Å²) in [4.78, 5) is 96.2. The number of hydrogen-bond donors (Lipinski definition) is 2. The lowest BCUT2D eigenvalue weighted by molar-refractivity contribution is -0.135. The third kappa shape index (κ3) is 14.4. The minimum absolute atomic E-state index is 0.0738. The Kier molecular flexibility index (Phi) is 17.8. The predicted molar refractivity (Wildman–Crippen MR) is 300 cm³/mol. The van der Waals surface area contributed by atoms with Crippen LogP contribution in [-0.4, -0.2) is 73.1 Å². The molecule has 4 aromatic carbocycles. The second kappa shape index (κ2) is 25.3. The fourth-order valence-electron chi connectivity index (χ4n) is 8.54. The zero-order valence-corrected chi connectivity index (χ0v) is 45.4. The molecule has 408 valence electrons. The number of H-pyrrole nitrogens is 1. The van der Waals surface area contributed by atoms with Gasteiger partial charge in [-0.1, -0.05) is 94.9 Å². The van der Waals surface area contributed by atoms with Crippen LogP contribution >= 0.6 is 46.4 Å². The molecule has 0 saturated heterocycles. The number of nitrogens with one attached hydrogen (secondary N) is 1. The van der Waals surface area contributed by atoms with E-state index < -0.39 is 10.8 Å².